The van der Waals surface area contributed by atoms with Crippen molar-refractivity contribution in [2.75, 3.05) is 5.32 Å². The number of halogens is 2. The third-order valence-electron chi connectivity index (χ3n) is 2.69. The van der Waals surface area contributed by atoms with E-state index < -0.39 is 0 Å². The van der Waals surface area contributed by atoms with Crippen LogP contribution in [0.4, 0.5) is 10.1 Å². The average Bonchev–Trinajstić information content (AvgIpc) is 2.33. The summed E-state index contributed by atoms with van der Waals surface area (Å²) in [7, 11) is 0. The summed E-state index contributed by atoms with van der Waals surface area (Å²) in [4.78, 5) is 4.07. The molecule has 0 saturated heterocycles. The lowest BCUT2D eigenvalue weighted by Gasteiger charge is -2.16. The molecule has 1 heterocycles. The quantitative estimate of drug-likeness (QED) is 0.905. The van der Waals surface area contributed by atoms with E-state index in [2.05, 4.69) is 26.2 Å². The van der Waals surface area contributed by atoms with Gasteiger partial charge in [-0.15, -0.1) is 0 Å². The molecule has 1 N–H and O–H groups in total. The predicted octanol–water partition coefficient (Wildman–Crippen LogP) is 4.46. The van der Waals surface area contributed by atoms with Gasteiger partial charge in [-0.1, -0.05) is 6.07 Å². The minimum atomic E-state index is -0.317. The van der Waals surface area contributed by atoms with Gasteiger partial charge in [-0.2, -0.15) is 0 Å². The summed E-state index contributed by atoms with van der Waals surface area (Å²) in [5.74, 6) is -0.317. The first-order valence-electron chi connectivity index (χ1n) is 5.70. The summed E-state index contributed by atoms with van der Waals surface area (Å²) in [6.07, 6.45) is 1.23. The van der Waals surface area contributed by atoms with Crippen molar-refractivity contribution in [3.05, 3.63) is 58.1 Å². The van der Waals surface area contributed by atoms with Crippen LogP contribution in [0.25, 0.3) is 0 Å². The molecule has 4 heteroatoms. The molecule has 1 atom stereocenters. The molecule has 1 aromatic heterocycles. The molecule has 0 aliphatic carbocycles. The molecule has 0 aliphatic heterocycles. The van der Waals surface area contributed by atoms with E-state index in [-0.39, 0.29) is 11.9 Å². The first-order chi connectivity index (χ1) is 8.56. The van der Waals surface area contributed by atoms with Gasteiger partial charge in [-0.25, -0.2) is 4.39 Å². The van der Waals surface area contributed by atoms with Crippen LogP contribution in [-0.2, 0) is 0 Å². The van der Waals surface area contributed by atoms with Crippen molar-refractivity contribution in [2.45, 2.75) is 19.9 Å². The number of hydrogen-bond acceptors (Lipinski definition) is 2. The number of nitrogens with zero attached hydrogens (tertiary/aromatic N) is 1. The lowest BCUT2D eigenvalue weighted by atomic mass is 10.2. The molecule has 2 rings (SSSR count). The zero-order valence-electron chi connectivity index (χ0n) is 10.2. The minimum absolute atomic E-state index is 0.0182. The maximum Gasteiger partial charge on any atom is 0.141 e. The van der Waals surface area contributed by atoms with Crippen LogP contribution in [0.5, 0.6) is 0 Å². The average molecular weight is 309 g/mol. The molecular weight excluding hydrogens is 295 g/mol. The van der Waals surface area contributed by atoms with Gasteiger partial charge in [-0.3, -0.25) is 4.98 Å². The van der Waals surface area contributed by atoms with Crippen LogP contribution in [0.2, 0.25) is 0 Å². The van der Waals surface area contributed by atoms with E-state index in [1.165, 1.54) is 17.8 Å². The Morgan fingerprint density at radius 1 is 1.28 bits per heavy atom. The molecule has 0 fully saturated rings. The third-order valence-corrected chi connectivity index (χ3v) is 3.35. The van der Waals surface area contributed by atoms with Crippen LogP contribution in [0.3, 0.4) is 0 Å². The van der Waals surface area contributed by atoms with Crippen molar-refractivity contribution in [1.82, 2.24) is 4.98 Å². The van der Waals surface area contributed by atoms with Gasteiger partial charge < -0.3 is 5.32 Å². The molecule has 2 nitrogen and oxygen atoms in total. The van der Waals surface area contributed by atoms with E-state index in [4.69, 9.17) is 0 Å². The predicted molar refractivity (Wildman–Crippen MR) is 75.1 cm³/mol. The maximum atomic E-state index is 12.8. The Hall–Kier alpha value is -1.42. The highest BCUT2D eigenvalue weighted by Gasteiger charge is 2.08. The largest absolute Gasteiger partial charge is 0.376 e. The number of aromatic nitrogens is 1. The van der Waals surface area contributed by atoms with Crippen LogP contribution in [0.1, 0.15) is 24.2 Å². The normalized spacial score (nSPS) is 12.2. The van der Waals surface area contributed by atoms with Gasteiger partial charge in [0, 0.05) is 10.2 Å². The number of aryl methyl sites for hydroxylation is 1. The van der Waals surface area contributed by atoms with E-state index in [1.807, 2.05) is 32.0 Å². The summed E-state index contributed by atoms with van der Waals surface area (Å²) in [6.45, 7) is 4.03. The number of hydrogen-bond donors (Lipinski definition) is 1. The number of benzene rings is 1. The second-order valence-electron chi connectivity index (χ2n) is 4.25. The van der Waals surface area contributed by atoms with Crippen LogP contribution in [-0.4, -0.2) is 4.98 Å². The zero-order chi connectivity index (χ0) is 13.1. The van der Waals surface area contributed by atoms with E-state index in [9.17, 15) is 4.39 Å². The van der Waals surface area contributed by atoms with E-state index in [0.717, 1.165) is 15.9 Å². The summed E-state index contributed by atoms with van der Waals surface area (Å²) in [5, 5.41) is 3.34. The highest BCUT2D eigenvalue weighted by atomic mass is 79.9. The summed E-state index contributed by atoms with van der Waals surface area (Å²) in [5.41, 5.74) is 3.00. The molecule has 0 spiro atoms. The summed E-state index contributed by atoms with van der Waals surface area (Å²) < 4.78 is 13.8. The molecule has 1 unspecified atom stereocenters. The molecular formula is C14H14BrFN2. The highest BCUT2D eigenvalue weighted by molar-refractivity contribution is 9.10. The van der Waals surface area contributed by atoms with E-state index in [0.29, 0.717) is 0 Å². The Morgan fingerprint density at radius 2 is 2.06 bits per heavy atom. The van der Waals surface area contributed by atoms with Crippen LogP contribution in [0, 0.1) is 12.7 Å². The number of pyridine rings is 1. The lowest BCUT2D eigenvalue weighted by molar-refractivity contribution is 0.617. The topological polar surface area (TPSA) is 24.9 Å². The molecule has 94 valence electrons. The van der Waals surface area contributed by atoms with Crippen molar-refractivity contribution in [3.63, 3.8) is 0 Å². The fourth-order valence-corrected chi connectivity index (χ4v) is 2.30. The van der Waals surface area contributed by atoms with Crippen LogP contribution < -0.4 is 5.32 Å². The Labute approximate surface area is 114 Å². The van der Waals surface area contributed by atoms with E-state index >= 15 is 0 Å². The fourth-order valence-electron chi connectivity index (χ4n) is 1.69. The molecule has 0 aliphatic rings. The standard InChI is InChI=1S/C14H14BrFN2/c1-9-3-5-14(12(15)7-9)18-10(2)13-6-4-11(16)8-17-13/h3-8,10,18H,1-2H3. The van der Waals surface area contributed by atoms with Gasteiger partial charge in [-0.05, 0) is 59.6 Å². The fraction of sp³-hybridized carbons (Fsp3) is 0.214. The van der Waals surface area contributed by atoms with Gasteiger partial charge in [0.15, 0.2) is 0 Å². The van der Waals surface area contributed by atoms with Gasteiger partial charge in [0.05, 0.1) is 17.9 Å². The Balaban J connectivity index is 2.15. The highest BCUT2D eigenvalue weighted by Crippen LogP contribution is 2.26. The Bertz CT molecular complexity index is 540. The van der Waals surface area contributed by atoms with Crippen molar-refractivity contribution in [1.29, 1.82) is 0 Å². The molecule has 2 aromatic rings. The zero-order valence-corrected chi connectivity index (χ0v) is 11.8. The first kappa shape index (κ1) is 13.0. The lowest BCUT2D eigenvalue weighted by Crippen LogP contribution is -2.08. The molecule has 0 bridgehead atoms. The van der Waals surface area contributed by atoms with Crippen molar-refractivity contribution in [2.24, 2.45) is 0 Å². The van der Waals surface area contributed by atoms with Gasteiger partial charge in [0.2, 0.25) is 0 Å². The molecule has 0 amide bonds. The van der Waals surface area contributed by atoms with Crippen molar-refractivity contribution in [3.8, 4) is 0 Å². The van der Waals surface area contributed by atoms with Crippen molar-refractivity contribution < 1.29 is 4.39 Å². The van der Waals surface area contributed by atoms with E-state index in [1.54, 1.807) is 6.07 Å². The second-order valence-corrected chi connectivity index (χ2v) is 5.10. The van der Waals surface area contributed by atoms with Gasteiger partial charge in [0.25, 0.3) is 0 Å². The molecule has 0 radical (unpaired) electrons. The Morgan fingerprint density at radius 3 is 2.67 bits per heavy atom. The third kappa shape index (κ3) is 3.07. The smallest absolute Gasteiger partial charge is 0.141 e. The second kappa shape index (κ2) is 5.48. The van der Waals surface area contributed by atoms with Gasteiger partial charge in [0.1, 0.15) is 5.82 Å². The molecule has 0 saturated carbocycles. The summed E-state index contributed by atoms with van der Waals surface area (Å²) >= 11 is 3.52. The minimum Gasteiger partial charge on any atom is -0.376 e. The van der Waals surface area contributed by atoms with Crippen LogP contribution >= 0.6 is 15.9 Å². The SMILES string of the molecule is Cc1ccc(NC(C)c2ccc(F)cn2)c(Br)c1. The van der Waals surface area contributed by atoms with Crippen LogP contribution in [0.15, 0.2) is 41.0 Å². The number of anilines is 1. The molecule has 18 heavy (non-hydrogen) atoms. The monoisotopic (exact) mass is 308 g/mol. The Kier molecular flexibility index (Phi) is 3.97. The van der Waals surface area contributed by atoms with Crippen molar-refractivity contribution >= 4 is 21.6 Å². The number of rotatable bonds is 3. The number of nitrogens with one attached hydrogen (secondary N) is 1. The molecule has 1 aromatic carbocycles. The van der Waals surface area contributed by atoms with Gasteiger partial charge >= 0.3 is 0 Å². The maximum absolute atomic E-state index is 12.8. The first-order valence-corrected chi connectivity index (χ1v) is 6.49. The summed E-state index contributed by atoms with van der Waals surface area (Å²) in [6, 6.07) is 9.23.